The maximum Gasteiger partial charge on any atom is 0.519 e. The van der Waals surface area contributed by atoms with Crippen molar-refractivity contribution < 1.29 is 100 Å². The van der Waals surface area contributed by atoms with E-state index >= 15 is 0 Å². The lowest BCUT2D eigenvalue weighted by atomic mass is 9.44. The number of esters is 2. The molecule has 31 heteroatoms. The first-order valence-corrected chi connectivity index (χ1v) is 43.1. The molecule has 0 aromatic heterocycles. The smallest absolute Gasteiger partial charge is 0.477 e. The lowest BCUT2D eigenvalue weighted by Gasteiger charge is -2.63. The fourth-order valence-corrected chi connectivity index (χ4v) is 18.6. The minimum absolute atomic E-state index is 0.0783. The molecule has 3 aromatic carbocycles. The Kier molecular flexibility index (Phi) is 38.8. The van der Waals surface area contributed by atoms with Gasteiger partial charge in [-0.1, -0.05) is 54.8 Å². The number of ether oxygens (including phenoxy) is 11. The largest absolute Gasteiger partial charge is 0.519 e. The molecule has 7 N–H and O–H groups in total. The number of piperidine rings is 2. The number of methoxy groups -OCH3 is 3. The molecule has 658 valence electrons. The van der Waals surface area contributed by atoms with Gasteiger partial charge in [0.15, 0.2) is 52.6 Å². The van der Waals surface area contributed by atoms with Gasteiger partial charge in [-0.2, -0.15) is 0 Å². The third kappa shape index (κ3) is 25.1. The molecule has 0 radical (unpaired) electrons. The van der Waals surface area contributed by atoms with E-state index in [1.54, 1.807) is 31.3 Å². The summed E-state index contributed by atoms with van der Waals surface area (Å²) in [5, 5.41) is 14.6. The fourth-order valence-electron chi connectivity index (χ4n) is 18.2. The Bertz CT molecular complexity index is 3840. The summed E-state index contributed by atoms with van der Waals surface area (Å²) in [7, 11) is 9.02. The average Bonchev–Trinajstić information content (AvgIpc) is 1.47. The molecule has 2 spiro atoms. The van der Waals surface area contributed by atoms with Crippen LogP contribution in [0.2, 0.25) is 0 Å². The first-order chi connectivity index (χ1) is 56.4. The second-order valence-corrected chi connectivity index (χ2v) is 33.9. The number of unbranched alkanes of at least 4 members (excludes halogenated alkanes) is 5. The minimum Gasteiger partial charge on any atom is -0.477 e. The summed E-state index contributed by atoms with van der Waals surface area (Å²) in [6.07, 6.45) is 14.4. The highest BCUT2D eigenvalue weighted by Gasteiger charge is 2.73. The predicted octanol–water partition coefficient (Wildman–Crippen LogP) is 11.3. The zero-order valence-corrected chi connectivity index (χ0v) is 73.0. The number of likely N-dealkylation sites (tertiary alicyclic amines) is 2. The topological polar surface area (TPSA) is 398 Å². The number of nitro groups is 1. The minimum atomic E-state index is -0.979. The molecule has 30 nitrogen and oxygen atoms in total. The van der Waals surface area contributed by atoms with Crippen molar-refractivity contribution in [3.8, 4) is 28.7 Å². The number of hydrogen-bond donors (Lipinski definition) is 4. The Morgan fingerprint density at radius 1 is 0.610 bits per heavy atom. The van der Waals surface area contributed by atoms with E-state index in [0.29, 0.717) is 172 Å². The van der Waals surface area contributed by atoms with E-state index in [1.165, 1.54) is 38.3 Å². The molecule has 2 saturated carbocycles. The first kappa shape index (κ1) is 97.5. The SMILES string of the molecule is CC(C)(C)OC(=O)CCCN.CN1CC[C@]23c4c5ccc(OC(=O)Oc6ccc([N+](=O)[O-])cc6)c4O[C@H]2C(=O)CC[C@@]3(C)[C@H]1C5.COC(=O)CCCCCBr.COCCOCCCC(=O)CCCCCN(CCCC(=O)[C@H](CCCCN)NC(C)=O)C(=O)Oc1ccc2c3c1O[C@H]1C(=O)CC[C@@]4(C)[C@@H](C2)N(C)CC[C@]314.COCCOCCN. The number of likely N-dealkylation sites (N-methyl/N-ethyl adjacent to an activating group) is 2. The highest BCUT2D eigenvalue weighted by Crippen LogP contribution is 2.70. The predicted molar refractivity (Wildman–Crippen MR) is 447 cm³/mol. The van der Waals surface area contributed by atoms with E-state index < -0.39 is 46.3 Å². The van der Waals surface area contributed by atoms with Crippen molar-refractivity contribution in [3.63, 3.8) is 0 Å². The molecule has 118 heavy (non-hydrogen) atoms. The normalized spacial score (nSPS) is 22.6. The van der Waals surface area contributed by atoms with Crippen molar-refractivity contribution in [3.05, 3.63) is 80.9 Å². The maximum atomic E-state index is 14.0. The number of carbonyl (C=O) groups excluding carboxylic acids is 9. The van der Waals surface area contributed by atoms with Gasteiger partial charge >= 0.3 is 24.2 Å². The van der Waals surface area contributed by atoms with Crippen LogP contribution in [-0.4, -0.2) is 235 Å². The number of nitrogens with two attached hydrogens (primary N) is 3. The molecular weight excluding hydrogens is 1590 g/mol. The summed E-state index contributed by atoms with van der Waals surface area (Å²) in [6.45, 7) is 19.1. The van der Waals surface area contributed by atoms with Crippen molar-refractivity contribution in [2.75, 3.05) is 126 Å². The standard InChI is InChI=1S/C42H64N4O9.C25H24N2O7.C8H17NO2.C7H13BrO2.C5H13NO2/c1-29(47)44-32(14-7-8-21-43)33(49)15-10-23-46(22-9-5-6-12-31(48)13-11-25-53-27-26-52-4)40(51)54-35-17-16-30-28-36-41(2)19-18-34(50)39-42(41,20-24-45(36)3)37(30)38(35)55-39;1-24-10-9-17(28)22-25(24)11-12-26(2)19(24)13-14-3-8-18(21(34-22)20(14)25)33-23(29)32-16-6-4-15(5-7-16)27(30)31;1-8(2,3)11-7(10)5-4-6-9;1-10-7(9)5-3-2-4-6-8;1-7-4-5-8-3-2-6/h16-17,32,36,39H,5-15,18-28,43H2,1-4H3,(H,44,47);3-8,19,22H,9-13H2,1-2H3;4-6,9H2,1-3H3;2-6H2,1H3;2-6H2,1H3/t32-,36+,39-,41-,42-;19-,22+,24+,25+;;;/m01.../s1. The van der Waals surface area contributed by atoms with E-state index in [-0.39, 0.29) is 87.6 Å². The van der Waals surface area contributed by atoms with Gasteiger partial charge in [-0.15, -0.1) is 0 Å². The maximum absolute atomic E-state index is 14.0. The summed E-state index contributed by atoms with van der Waals surface area (Å²) in [4.78, 5) is 129. The van der Waals surface area contributed by atoms with E-state index in [1.807, 2.05) is 32.9 Å². The van der Waals surface area contributed by atoms with E-state index in [2.05, 4.69) is 63.7 Å². The summed E-state index contributed by atoms with van der Waals surface area (Å²) >= 11 is 3.32. The third-order valence-corrected chi connectivity index (χ3v) is 24.7. The number of nitrogens with one attached hydrogen (secondary N) is 1. The first-order valence-electron chi connectivity index (χ1n) is 42.0. The molecule has 11 rings (SSSR count). The van der Waals surface area contributed by atoms with Crippen molar-refractivity contribution in [2.45, 2.75) is 249 Å². The highest BCUT2D eigenvalue weighted by molar-refractivity contribution is 9.09. The molecule has 9 atom stereocenters. The van der Waals surface area contributed by atoms with Gasteiger partial charge in [0.1, 0.15) is 17.1 Å². The highest BCUT2D eigenvalue weighted by atomic mass is 79.9. The lowest BCUT2D eigenvalue weighted by Crippen LogP contribution is -2.70. The van der Waals surface area contributed by atoms with Gasteiger partial charge < -0.3 is 89.3 Å². The van der Waals surface area contributed by atoms with Crippen molar-refractivity contribution >= 4 is 74.8 Å². The average molecular weight is 1720 g/mol. The quantitative estimate of drug-likeness (QED) is 0.0103. The summed E-state index contributed by atoms with van der Waals surface area (Å²) < 4.78 is 59.5. The molecule has 4 bridgehead atoms. The Labute approximate surface area is 704 Å². The Morgan fingerprint density at radius 2 is 1.14 bits per heavy atom. The number of non-ortho nitro benzene ring substituents is 1. The van der Waals surface area contributed by atoms with Crippen LogP contribution in [0.3, 0.4) is 0 Å². The molecule has 2 amide bonds. The van der Waals surface area contributed by atoms with Crippen LogP contribution in [0, 0.1) is 20.9 Å². The molecule has 8 aliphatic rings. The van der Waals surface area contributed by atoms with Gasteiger partial charge in [-0.3, -0.25) is 43.7 Å². The van der Waals surface area contributed by atoms with Gasteiger partial charge in [0.05, 0.1) is 61.9 Å². The number of alkyl halides is 1. The Hall–Kier alpha value is -7.59. The number of Topliss-reactive ketones (excluding diaryl/α,β-unsaturated/α-hetero) is 4. The molecule has 4 heterocycles. The van der Waals surface area contributed by atoms with Crippen LogP contribution in [0.5, 0.6) is 28.7 Å². The molecule has 2 saturated heterocycles. The van der Waals surface area contributed by atoms with Gasteiger partial charge in [0.2, 0.25) is 5.91 Å². The zero-order chi connectivity index (χ0) is 86.4. The number of halogens is 1. The Balaban J connectivity index is 0.000000254. The molecule has 0 unspecified atom stereocenters. The lowest BCUT2D eigenvalue weighted by molar-refractivity contribution is -0.384. The van der Waals surface area contributed by atoms with Crippen LogP contribution < -0.4 is 46.2 Å². The van der Waals surface area contributed by atoms with E-state index in [0.717, 1.165) is 118 Å². The van der Waals surface area contributed by atoms with Crippen LogP contribution in [0.1, 0.15) is 211 Å². The summed E-state index contributed by atoms with van der Waals surface area (Å²) in [5.41, 5.74) is 18.8. The van der Waals surface area contributed by atoms with Gasteiger partial charge in [-0.05, 0) is 210 Å². The number of ketones is 4. The van der Waals surface area contributed by atoms with Crippen LogP contribution in [0.4, 0.5) is 15.3 Å². The van der Waals surface area contributed by atoms with Crippen LogP contribution in [0.25, 0.3) is 0 Å². The van der Waals surface area contributed by atoms with Gasteiger partial charge in [0, 0.05) is 133 Å². The van der Waals surface area contributed by atoms with Crippen LogP contribution >= 0.6 is 15.9 Å². The van der Waals surface area contributed by atoms with Crippen LogP contribution in [-0.2, 0) is 85.7 Å². The third-order valence-electron chi connectivity index (χ3n) is 24.1. The summed E-state index contributed by atoms with van der Waals surface area (Å²) in [5.74, 6) is 1.46. The number of nitrogens with zero attached hydrogens (tertiary/aromatic N) is 4. The molecule has 3 aromatic rings. The monoisotopic (exact) mass is 1720 g/mol. The second kappa shape index (κ2) is 47.0. The molecule has 4 aliphatic heterocycles. The molecule has 4 fully saturated rings. The number of amides is 2. The van der Waals surface area contributed by atoms with Gasteiger partial charge in [0.25, 0.3) is 5.69 Å². The number of carbonyl (C=O) groups is 9. The number of hydrogen-bond acceptors (Lipinski definition) is 27. The van der Waals surface area contributed by atoms with Gasteiger partial charge in [-0.25, -0.2) is 9.59 Å². The van der Waals surface area contributed by atoms with E-state index in [9.17, 15) is 53.3 Å². The van der Waals surface area contributed by atoms with Crippen LogP contribution in [0.15, 0.2) is 48.5 Å². The second-order valence-electron chi connectivity index (χ2n) is 33.1. The summed E-state index contributed by atoms with van der Waals surface area (Å²) in [6, 6.07) is 12.7. The fraction of sp³-hybridized carbons (Fsp3) is 0.690. The Morgan fingerprint density at radius 3 is 1.65 bits per heavy atom. The van der Waals surface area contributed by atoms with Crippen molar-refractivity contribution in [1.82, 2.24) is 20.0 Å². The number of rotatable bonds is 40. The zero-order valence-electron chi connectivity index (χ0n) is 71.5. The number of nitro benzene ring substituents is 1. The molecular formula is C87H131BrN8O22. The molecule has 4 aliphatic carbocycles. The van der Waals surface area contributed by atoms with Crippen molar-refractivity contribution in [2.24, 2.45) is 28.0 Å². The number of benzene rings is 3. The van der Waals surface area contributed by atoms with Crippen molar-refractivity contribution in [1.29, 1.82) is 0 Å². The van der Waals surface area contributed by atoms with E-state index in [4.69, 9.17) is 64.6 Å².